The Morgan fingerprint density at radius 1 is 1.00 bits per heavy atom. The highest BCUT2D eigenvalue weighted by atomic mass is 16.5. The average Bonchev–Trinajstić information content (AvgIpc) is 3.40. The van der Waals surface area contributed by atoms with E-state index in [1.165, 1.54) is 0 Å². The molecule has 4 aromatic rings. The van der Waals surface area contributed by atoms with Gasteiger partial charge in [0.25, 0.3) is 5.91 Å². The maximum absolute atomic E-state index is 12.6. The van der Waals surface area contributed by atoms with Crippen molar-refractivity contribution in [3.8, 4) is 28.3 Å². The fraction of sp³-hybridized carbons (Fsp3) is 0.0500. The molecular formula is C20H17N5O2. The third-order valence-electron chi connectivity index (χ3n) is 4.12. The van der Waals surface area contributed by atoms with Gasteiger partial charge >= 0.3 is 0 Å². The fourth-order valence-electron chi connectivity index (χ4n) is 2.75. The predicted molar refractivity (Wildman–Crippen MR) is 103 cm³/mol. The van der Waals surface area contributed by atoms with Crippen LogP contribution in [0, 0.1) is 0 Å². The maximum atomic E-state index is 12.6. The average molecular weight is 359 g/mol. The number of ether oxygens (including phenoxy) is 1. The number of anilines is 1. The molecular weight excluding hydrogens is 342 g/mol. The van der Waals surface area contributed by atoms with Crippen molar-refractivity contribution in [3.05, 3.63) is 72.6 Å². The standard InChI is InChI=1S/C20H17N5O2/c1-27-16-7-3-5-14(11-16)18-12-19(25-24-18)20(26)22-15-6-2-4-13(10-15)17-8-9-21-23-17/h2-12H,1H3,(H,21,23)(H,22,26)(H,24,25). The molecule has 2 aromatic heterocycles. The van der Waals surface area contributed by atoms with Gasteiger partial charge in [-0.3, -0.25) is 15.0 Å². The van der Waals surface area contributed by atoms with Gasteiger partial charge in [-0.1, -0.05) is 24.3 Å². The molecule has 7 heteroatoms. The summed E-state index contributed by atoms with van der Waals surface area (Å²) in [6.07, 6.45) is 1.69. The van der Waals surface area contributed by atoms with E-state index in [4.69, 9.17) is 4.74 Å². The van der Waals surface area contributed by atoms with E-state index in [2.05, 4.69) is 25.7 Å². The number of carbonyl (C=O) groups excluding carboxylic acids is 1. The van der Waals surface area contributed by atoms with E-state index in [-0.39, 0.29) is 5.91 Å². The van der Waals surface area contributed by atoms with Crippen LogP contribution in [0.2, 0.25) is 0 Å². The molecule has 0 fully saturated rings. The molecule has 0 saturated carbocycles. The van der Waals surface area contributed by atoms with E-state index in [0.717, 1.165) is 22.6 Å². The summed E-state index contributed by atoms with van der Waals surface area (Å²) in [5.41, 5.74) is 4.42. The molecule has 7 nitrogen and oxygen atoms in total. The van der Waals surface area contributed by atoms with Crippen molar-refractivity contribution in [2.75, 3.05) is 12.4 Å². The van der Waals surface area contributed by atoms with Crippen molar-refractivity contribution in [3.63, 3.8) is 0 Å². The zero-order valence-corrected chi connectivity index (χ0v) is 14.6. The topological polar surface area (TPSA) is 95.7 Å². The van der Waals surface area contributed by atoms with E-state index in [0.29, 0.717) is 17.1 Å². The minimum atomic E-state index is -0.265. The monoisotopic (exact) mass is 359 g/mol. The third-order valence-corrected chi connectivity index (χ3v) is 4.12. The molecule has 4 rings (SSSR count). The second kappa shape index (κ2) is 7.17. The number of rotatable bonds is 5. The number of aromatic amines is 2. The molecule has 2 heterocycles. The first kappa shape index (κ1) is 16.6. The van der Waals surface area contributed by atoms with Gasteiger partial charge < -0.3 is 10.1 Å². The molecule has 0 atom stereocenters. The number of aromatic nitrogens is 4. The molecule has 0 aliphatic carbocycles. The lowest BCUT2D eigenvalue weighted by Crippen LogP contribution is -2.12. The Bertz CT molecular complexity index is 1070. The van der Waals surface area contributed by atoms with E-state index in [1.54, 1.807) is 19.4 Å². The molecule has 1 amide bonds. The van der Waals surface area contributed by atoms with E-state index >= 15 is 0 Å². The molecule has 0 bridgehead atoms. The summed E-state index contributed by atoms with van der Waals surface area (Å²) in [5.74, 6) is 0.468. The fourth-order valence-corrected chi connectivity index (χ4v) is 2.75. The highest BCUT2D eigenvalue weighted by Crippen LogP contribution is 2.24. The Balaban J connectivity index is 1.52. The number of H-pyrrole nitrogens is 2. The van der Waals surface area contributed by atoms with Gasteiger partial charge in [0.15, 0.2) is 0 Å². The zero-order chi connectivity index (χ0) is 18.6. The van der Waals surface area contributed by atoms with E-state index in [1.807, 2.05) is 54.6 Å². The second-order valence-electron chi connectivity index (χ2n) is 5.90. The van der Waals surface area contributed by atoms with Gasteiger partial charge in [-0.15, -0.1) is 0 Å². The van der Waals surface area contributed by atoms with Crippen molar-refractivity contribution in [1.29, 1.82) is 0 Å². The van der Waals surface area contributed by atoms with Crippen LogP contribution < -0.4 is 10.1 Å². The van der Waals surface area contributed by atoms with Crippen molar-refractivity contribution < 1.29 is 9.53 Å². The van der Waals surface area contributed by atoms with Crippen LogP contribution in [0.1, 0.15) is 10.5 Å². The first-order valence-corrected chi connectivity index (χ1v) is 8.34. The summed E-state index contributed by atoms with van der Waals surface area (Å²) in [4.78, 5) is 12.6. The number of nitrogens with zero attached hydrogens (tertiary/aromatic N) is 2. The Labute approximate surface area is 155 Å². The lowest BCUT2D eigenvalue weighted by atomic mass is 10.1. The molecule has 0 spiro atoms. The Morgan fingerprint density at radius 2 is 1.85 bits per heavy atom. The van der Waals surface area contributed by atoms with Crippen LogP contribution in [-0.2, 0) is 0 Å². The highest BCUT2D eigenvalue weighted by molar-refractivity contribution is 6.03. The molecule has 0 aliphatic heterocycles. The second-order valence-corrected chi connectivity index (χ2v) is 5.90. The van der Waals surface area contributed by atoms with Crippen LogP contribution in [0.15, 0.2) is 66.9 Å². The van der Waals surface area contributed by atoms with Crippen molar-refractivity contribution in [2.45, 2.75) is 0 Å². The molecule has 27 heavy (non-hydrogen) atoms. The molecule has 2 aromatic carbocycles. The van der Waals surface area contributed by atoms with Gasteiger partial charge in [0.2, 0.25) is 0 Å². The molecule has 134 valence electrons. The summed E-state index contributed by atoms with van der Waals surface area (Å²) in [5, 5.41) is 16.7. The third kappa shape index (κ3) is 3.57. The number of carbonyl (C=O) groups is 1. The van der Waals surface area contributed by atoms with Gasteiger partial charge in [-0.05, 0) is 36.4 Å². The summed E-state index contributed by atoms with van der Waals surface area (Å²) in [6.45, 7) is 0. The SMILES string of the molecule is COc1cccc(-c2cc(C(=O)Nc3cccc(-c4ccn[nH]4)c3)[nH]n2)c1. The van der Waals surface area contributed by atoms with Crippen molar-refractivity contribution in [1.82, 2.24) is 20.4 Å². The van der Waals surface area contributed by atoms with Gasteiger partial charge in [0, 0.05) is 23.0 Å². The van der Waals surface area contributed by atoms with Gasteiger partial charge in [-0.25, -0.2) is 0 Å². The molecule has 3 N–H and O–H groups in total. The number of benzene rings is 2. The van der Waals surface area contributed by atoms with Crippen molar-refractivity contribution >= 4 is 11.6 Å². The largest absolute Gasteiger partial charge is 0.497 e. The minimum absolute atomic E-state index is 0.265. The van der Waals surface area contributed by atoms with Crippen LogP contribution >= 0.6 is 0 Å². The van der Waals surface area contributed by atoms with Crippen LogP contribution in [0.4, 0.5) is 5.69 Å². The Hall–Kier alpha value is -3.87. The number of methoxy groups -OCH3 is 1. The van der Waals surface area contributed by atoms with Crippen LogP contribution in [0.3, 0.4) is 0 Å². The quantitative estimate of drug-likeness (QED) is 0.506. The molecule has 0 saturated heterocycles. The first-order valence-electron chi connectivity index (χ1n) is 8.34. The van der Waals surface area contributed by atoms with Gasteiger partial charge in [0.1, 0.15) is 11.4 Å². The number of nitrogens with one attached hydrogen (secondary N) is 3. The Kier molecular flexibility index (Phi) is 4.40. The number of hydrogen-bond acceptors (Lipinski definition) is 4. The van der Waals surface area contributed by atoms with Gasteiger partial charge in [0.05, 0.1) is 18.5 Å². The molecule has 0 unspecified atom stereocenters. The zero-order valence-electron chi connectivity index (χ0n) is 14.6. The lowest BCUT2D eigenvalue weighted by Gasteiger charge is -2.05. The maximum Gasteiger partial charge on any atom is 0.273 e. The lowest BCUT2D eigenvalue weighted by molar-refractivity contribution is 0.102. The number of hydrogen-bond donors (Lipinski definition) is 3. The number of amides is 1. The summed E-state index contributed by atoms with van der Waals surface area (Å²) in [7, 11) is 1.61. The highest BCUT2D eigenvalue weighted by Gasteiger charge is 2.12. The van der Waals surface area contributed by atoms with E-state index < -0.39 is 0 Å². The first-order chi connectivity index (χ1) is 13.2. The van der Waals surface area contributed by atoms with E-state index in [9.17, 15) is 4.79 Å². The smallest absolute Gasteiger partial charge is 0.273 e. The normalized spacial score (nSPS) is 10.6. The summed E-state index contributed by atoms with van der Waals surface area (Å²) >= 11 is 0. The van der Waals surface area contributed by atoms with Crippen molar-refractivity contribution in [2.24, 2.45) is 0 Å². The Morgan fingerprint density at radius 3 is 2.67 bits per heavy atom. The summed E-state index contributed by atoms with van der Waals surface area (Å²) < 4.78 is 5.23. The molecule has 0 radical (unpaired) electrons. The minimum Gasteiger partial charge on any atom is -0.497 e. The van der Waals surface area contributed by atoms with Crippen LogP contribution in [-0.4, -0.2) is 33.4 Å². The van der Waals surface area contributed by atoms with Gasteiger partial charge in [-0.2, -0.15) is 10.2 Å². The predicted octanol–water partition coefficient (Wildman–Crippen LogP) is 3.73. The van der Waals surface area contributed by atoms with Crippen LogP contribution in [0.5, 0.6) is 5.75 Å². The molecule has 0 aliphatic rings. The summed E-state index contributed by atoms with van der Waals surface area (Å²) in [6, 6.07) is 18.6. The van der Waals surface area contributed by atoms with Crippen LogP contribution in [0.25, 0.3) is 22.5 Å².